The molecule has 1 aromatic carbocycles. The van der Waals surface area contributed by atoms with E-state index >= 15 is 0 Å². The normalized spacial score (nSPS) is 11.6. The van der Waals surface area contributed by atoms with Gasteiger partial charge in [-0.1, -0.05) is 12.1 Å². The fourth-order valence-corrected chi connectivity index (χ4v) is 2.91. The van der Waals surface area contributed by atoms with Crippen molar-refractivity contribution in [3.8, 4) is 22.2 Å². The minimum absolute atomic E-state index is 0.242. The second-order valence-electron chi connectivity index (χ2n) is 5.59. The van der Waals surface area contributed by atoms with Crippen LogP contribution in [0.25, 0.3) is 10.6 Å². The molecule has 0 fully saturated rings. The summed E-state index contributed by atoms with van der Waals surface area (Å²) in [6.45, 7) is 2.12. The SMILES string of the molecule is CC(Oc1cccc(F)c1)C(=O)NCCOc1ccc(-c2cccs2)nn1. The van der Waals surface area contributed by atoms with Crippen LogP contribution in [0.2, 0.25) is 0 Å². The van der Waals surface area contributed by atoms with Crippen LogP contribution in [0.15, 0.2) is 53.9 Å². The van der Waals surface area contributed by atoms with Gasteiger partial charge >= 0.3 is 0 Å². The average Bonchev–Trinajstić information content (AvgIpc) is 3.20. The van der Waals surface area contributed by atoms with E-state index in [0.29, 0.717) is 11.6 Å². The molecule has 27 heavy (non-hydrogen) atoms. The topological polar surface area (TPSA) is 73.3 Å². The average molecular weight is 387 g/mol. The van der Waals surface area contributed by atoms with Crippen molar-refractivity contribution in [2.45, 2.75) is 13.0 Å². The van der Waals surface area contributed by atoms with Crippen molar-refractivity contribution >= 4 is 17.2 Å². The highest BCUT2D eigenvalue weighted by molar-refractivity contribution is 7.13. The number of rotatable bonds is 8. The molecule has 1 N–H and O–H groups in total. The molecule has 0 aliphatic rings. The number of nitrogens with one attached hydrogen (secondary N) is 1. The van der Waals surface area contributed by atoms with Crippen molar-refractivity contribution in [2.24, 2.45) is 0 Å². The number of nitrogens with zero attached hydrogens (tertiary/aromatic N) is 2. The lowest BCUT2D eigenvalue weighted by Gasteiger charge is -2.14. The smallest absolute Gasteiger partial charge is 0.260 e. The Labute approximate surface area is 160 Å². The molecule has 8 heteroatoms. The molecule has 3 aromatic rings. The Morgan fingerprint density at radius 3 is 2.81 bits per heavy atom. The second-order valence-corrected chi connectivity index (χ2v) is 6.54. The Bertz CT molecular complexity index is 872. The molecule has 1 unspecified atom stereocenters. The maximum Gasteiger partial charge on any atom is 0.260 e. The molecule has 2 heterocycles. The highest BCUT2D eigenvalue weighted by atomic mass is 32.1. The van der Waals surface area contributed by atoms with E-state index in [1.165, 1.54) is 18.2 Å². The Morgan fingerprint density at radius 1 is 1.22 bits per heavy atom. The van der Waals surface area contributed by atoms with Crippen molar-refractivity contribution in [3.05, 3.63) is 59.7 Å². The summed E-state index contributed by atoms with van der Waals surface area (Å²) in [6.07, 6.45) is -0.753. The largest absolute Gasteiger partial charge is 0.481 e. The standard InChI is InChI=1S/C19H18FN3O3S/c1-13(26-15-5-2-4-14(20)12-15)19(24)21-9-10-25-18-8-7-16(22-23-18)17-6-3-11-27-17/h2-8,11-13H,9-10H2,1H3,(H,21,24). The van der Waals surface area contributed by atoms with E-state index in [1.807, 2.05) is 23.6 Å². The molecule has 1 atom stereocenters. The lowest BCUT2D eigenvalue weighted by molar-refractivity contribution is -0.127. The van der Waals surface area contributed by atoms with Gasteiger partial charge in [-0.15, -0.1) is 21.5 Å². The monoisotopic (exact) mass is 387 g/mol. The summed E-state index contributed by atoms with van der Waals surface area (Å²) in [5.41, 5.74) is 0.786. The van der Waals surface area contributed by atoms with Crippen LogP contribution >= 0.6 is 11.3 Å². The molecular weight excluding hydrogens is 369 g/mol. The second kappa shape index (κ2) is 9.09. The van der Waals surface area contributed by atoms with Crippen molar-refractivity contribution in [2.75, 3.05) is 13.2 Å². The summed E-state index contributed by atoms with van der Waals surface area (Å²) < 4.78 is 24.0. The van der Waals surface area contributed by atoms with Crippen molar-refractivity contribution in [3.63, 3.8) is 0 Å². The summed E-state index contributed by atoms with van der Waals surface area (Å²) in [5.74, 6) is -0.0506. The van der Waals surface area contributed by atoms with E-state index in [9.17, 15) is 9.18 Å². The molecular formula is C19H18FN3O3S. The zero-order valence-electron chi connectivity index (χ0n) is 14.6. The fourth-order valence-electron chi connectivity index (χ4n) is 2.22. The van der Waals surface area contributed by atoms with Crippen LogP contribution in [0.3, 0.4) is 0 Å². The number of ether oxygens (including phenoxy) is 2. The van der Waals surface area contributed by atoms with E-state index in [2.05, 4.69) is 15.5 Å². The summed E-state index contributed by atoms with van der Waals surface area (Å²) in [7, 11) is 0. The highest BCUT2D eigenvalue weighted by Crippen LogP contribution is 2.22. The quantitative estimate of drug-likeness (QED) is 0.601. The molecule has 1 amide bonds. The van der Waals surface area contributed by atoms with Gasteiger partial charge in [0.1, 0.15) is 23.9 Å². The van der Waals surface area contributed by atoms with Crippen LogP contribution in [0.5, 0.6) is 11.6 Å². The third-order valence-corrected chi connectivity index (χ3v) is 4.44. The summed E-state index contributed by atoms with van der Waals surface area (Å²) in [6, 6.07) is 13.1. The van der Waals surface area contributed by atoms with E-state index in [4.69, 9.17) is 9.47 Å². The van der Waals surface area contributed by atoms with Crippen LogP contribution in [0.1, 0.15) is 6.92 Å². The van der Waals surface area contributed by atoms with Crippen molar-refractivity contribution < 1.29 is 18.7 Å². The first kappa shape index (κ1) is 18.8. The van der Waals surface area contributed by atoms with Gasteiger partial charge in [-0.2, -0.15) is 0 Å². The van der Waals surface area contributed by atoms with Gasteiger partial charge in [0, 0.05) is 12.1 Å². The maximum atomic E-state index is 13.1. The van der Waals surface area contributed by atoms with Gasteiger partial charge in [0.25, 0.3) is 5.91 Å². The predicted octanol–water partition coefficient (Wildman–Crippen LogP) is 3.31. The number of aromatic nitrogens is 2. The van der Waals surface area contributed by atoms with Gasteiger partial charge in [0.05, 0.1) is 11.4 Å². The van der Waals surface area contributed by atoms with Gasteiger partial charge in [-0.25, -0.2) is 4.39 Å². The number of carbonyl (C=O) groups is 1. The van der Waals surface area contributed by atoms with E-state index in [0.717, 1.165) is 10.6 Å². The number of thiophene rings is 1. The number of amides is 1. The molecule has 0 aliphatic heterocycles. The van der Waals surface area contributed by atoms with E-state index < -0.39 is 11.9 Å². The molecule has 3 rings (SSSR count). The summed E-state index contributed by atoms with van der Waals surface area (Å²) in [4.78, 5) is 13.0. The van der Waals surface area contributed by atoms with Gasteiger partial charge in [0.2, 0.25) is 5.88 Å². The minimum Gasteiger partial charge on any atom is -0.481 e. The number of hydrogen-bond donors (Lipinski definition) is 1. The molecule has 0 saturated heterocycles. The lowest BCUT2D eigenvalue weighted by Crippen LogP contribution is -2.38. The molecule has 0 spiro atoms. The van der Waals surface area contributed by atoms with Crippen LogP contribution < -0.4 is 14.8 Å². The Morgan fingerprint density at radius 2 is 2.11 bits per heavy atom. The summed E-state index contributed by atoms with van der Waals surface area (Å²) in [5, 5.41) is 12.8. The predicted molar refractivity (Wildman–Crippen MR) is 100 cm³/mol. The molecule has 0 aliphatic carbocycles. The third kappa shape index (κ3) is 5.49. The van der Waals surface area contributed by atoms with Gasteiger partial charge in [-0.3, -0.25) is 4.79 Å². The van der Waals surface area contributed by atoms with E-state index in [-0.39, 0.29) is 19.1 Å². The van der Waals surface area contributed by atoms with E-state index in [1.54, 1.807) is 30.4 Å². The van der Waals surface area contributed by atoms with Crippen LogP contribution in [-0.4, -0.2) is 35.4 Å². The fraction of sp³-hybridized carbons (Fsp3) is 0.211. The Kier molecular flexibility index (Phi) is 6.32. The van der Waals surface area contributed by atoms with Crippen LogP contribution in [0, 0.1) is 5.82 Å². The zero-order chi connectivity index (χ0) is 19.1. The molecule has 0 bridgehead atoms. The zero-order valence-corrected chi connectivity index (χ0v) is 15.4. The van der Waals surface area contributed by atoms with Crippen LogP contribution in [-0.2, 0) is 4.79 Å². The Hall–Kier alpha value is -3.00. The first-order valence-corrected chi connectivity index (χ1v) is 9.20. The highest BCUT2D eigenvalue weighted by Gasteiger charge is 2.14. The summed E-state index contributed by atoms with van der Waals surface area (Å²) >= 11 is 1.59. The van der Waals surface area contributed by atoms with Crippen LogP contribution in [0.4, 0.5) is 4.39 Å². The number of benzene rings is 1. The molecule has 140 valence electrons. The van der Waals surface area contributed by atoms with Gasteiger partial charge in [0.15, 0.2) is 6.10 Å². The molecule has 2 aromatic heterocycles. The lowest BCUT2D eigenvalue weighted by atomic mass is 10.3. The van der Waals surface area contributed by atoms with Gasteiger partial charge < -0.3 is 14.8 Å². The maximum absolute atomic E-state index is 13.1. The number of carbonyl (C=O) groups excluding carboxylic acids is 1. The van der Waals surface area contributed by atoms with Crippen molar-refractivity contribution in [1.29, 1.82) is 0 Å². The molecule has 0 saturated carbocycles. The van der Waals surface area contributed by atoms with Gasteiger partial charge in [-0.05, 0) is 36.6 Å². The first-order chi connectivity index (χ1) is 13.1. The molecule has 6 nitrogen and oxygen atoms in total. The molecule has 0 radical (unpaired) electrons. The Balaban J connectivity index is 1.39. The third-order valence-electron chi connectivity index (χ3n) is 3.54. The number of hydrogen-bond acceptors (Lipinski definition) is 6. The number of halogens is 1. The minimum atomic E-state index is -0.753. The first-order valence-electron chi connectivity index (χ1n) is 8.32. The van der Waals surface area contributed by atoms with Crippen molar-refractivity contribution in [1.82, 2.24) is 15.5 Å².